The molecule has 2 aromatic rings. The van der Waals surface area contributed by atoms with E-state index in [1.54, 1.807) is 0 Å². The van der Waals surface area contributed by atoms with Crippen LogP contribution in [-0.2, 0) is 0 Å². The van der Waals surface area contributed by atoms with Crippen molar-refractivity contribution < 1.29 is 13.2 Å². The Labute approximate surface area is 100 Å². The number of nitrogens with two attached hydrogens (primary N) is 2. The van der Waals surface area contributed by atoms with Gasteiger partial charge in [0.15, 0.2) is 17.5 Å². The minimum atomic E-state index is -1.55. The van der Waals surface area contributed by atoms with Crippen molar-refractivity contribution >= 4 is 23.0 Å². The fourth-order valence-corrected chi connectivity index (χ4v) is 1.32. The molecule has 94 valence electrons. The molecule has 5 N–H and O–H groups in total. The molecule has 0 saturated carbocycles. The van der Waals surface area contributed by atoms with Gasteiger partial charge in [-0.15, -0.1) is 0 Å². The number of nitrogens with zero attached hydrogens (tertiary/aromatic N) is 1. The molecule has 0 bridgehead atoms. The summed E-state index contributed by atoms with van der Waals surface area (Å²) in [5.41, 5.74) is 10.9. The number of pyridine rings is 1. The second kappa shape index (κ2) is 4.44. The van der Waals surface area contributed by atoms with Crippen LogP contribution in [0.15, 0.2) is 24.3 Å². The number of aromatic nitrogens is 1. The number of hydrogen-bond acceptors (Lipinski definition) is 4. The summed E-state index contributed by atoms with van der Waals surface area (Å²) in [6.45, 7) is 0. The first-order chi connectivity index (χ1) is 8.49. The average Bonchev–Trinajstić information content (AvgIpc) is 2.34. The molecule has 0 aliphatic carbocycles. The Hall–Kier alpha value is -2.44. The van der Waals surface area contributed by atoms with Crippen molar-refractivity contribution in [3.05, 3.63) is 41.7 Å². The van der Waals surface area contributed by atoms with Crippen LogP contribution in [0.3, 0.4) is 0 Å². The summed E-state index contributed by atoms with van der Waals surface area (Å²) in [7, 11) is 0. The average molecular weight is 254 g/mol. The first-order valence-corrected chi connectivity index (χ1v) is 4.91. The summed E-state index contributed by atoms with van der Waals surface area (Å²) in [6, 6.07) is 4.76. The van der Waals surface area contributed by atoms with Gasteiger partial charge in [-0.2, -0.15) is 0 Å². The molecule has 1 aromatic carbocycles. The van der Waals surface area contributed by atoms with Gasteiger partial charge in [-0.25, -0.2) is 18.2 Å². The number of nitrogens with one attached hydrogen (secondary N) is 1. The predicted molar refractivity (Wildman–Crippen MR) is 62.7 cm³/mol. The Morgan fingerprint density at radius 2 is 1.67 bits per heavy atom. The van der Waals surface area contributed by atoms with Crippen molar-refractivity contribution in [2.45, 2.75) is 0 Å². The minimum Gasteiger partial charge on any atom is -0.396 e. The van der Waals surface area contributed by atoms with Gasteiger partial charge >= 0.3 is 0 Å². The summed E-state index contributed by atoms with van der Waals surface area (Å²) in [6.07, 6.45) is 0. The number of rotatable bonds is 2. The highest BCUT2D eigenvalue weighted by Gasteiger charge is 2.13. The van der Waals surface area contributed by atoms with Crippen LogP contribution in [0.25, 0.3) is 0 Å². The molecule has 0 aliphatic heterocycles. The zero-order valence-electron chi connectivity index (χ0n) is 9.05. The van der Waals surface area contributed by atoms with Crippen molar-refractivity contribution in [2.75, 3.05) is 16.8 Å². The van der Waals surface area contributed by atoms with Gasteiger partial charge in [0.05, 0.1) is 11.4 Å². The molecule has 0 amide bonds. The molecule has 0 radical (unpaired) electrons. The highest BCUT2D eigenvalue weighted by atomic mass is 19.2. The van der Waals surface area contributed by atoms with Crippen LogP contribution in [0.5, 0.6) is 0 Å². The Balaban J connectivity index is 2.34. The first kappa shape index (κ1) is 12.0. The molecule has 0 atom stereocenters. The lowest BCUT2D eigenvalue weighted by molar-refractivity contribution is 0.449. The van der Waals surface area contributed by atoms with Gasteiger partial charge in [0.25, 0.3) is 0 Å². The van der Waals surface area contributed by atoms with E-state index < -0.39 is 17.5 Å². The third-order valence-corrected chi connectivity index (χ3v) is 2.26. The zero-order chi connectivity index (χ0) is 13.3. The van der Waals surface area contributed by atoms with E-state index in [0.717, 1.165) is 12.1 Å². The maximum atomic E-state index is 13.4. The predicted octanol–water partition coefficient (Wildman–Crippen LogP) is 2.41. The van der Waals surface area contributed by atoms with Gasteiger partial charge in [-0.05, 0) is 24.3 Å². The van der Waals surface area contributed by atoms with Crippen molar-refractivity contribution in [3.8, 4) is 0 Å². The summed E-state index contributed by atoms with van der Waals surface area (Å²) in [5, 5.41) is 2.48. The van der Waals surface area contributed by atoms with Gasteiger partial charge in [0.2, 0.25) is 0 Å². The molecule has 4 nitrogen and oxygen atoms in total. The molecular formula is C11H9F3N4. The third-order valence-electron chi connectivity index (χ3n) is 2.26. The van der Waals surface area contributed by atoms with E-state index >= 15 is 0 Å². The number of halogens is 3. The Kier molecular flexibility index (Phi) is 2.97. The molecule has 2 rings (SSSR count). The molecule has 1 heterocycles. The number of anilines is 4. The van der Waals surface area contributed by atoms with Crippen LogP contribution in [0.4, 0.5) is 36.2 Å². The van der Waals surface area contributed by atoms with Crippen molar-refractivity contribution in [2.24, 2.45) is 0 Å². The fourth-order valence-electron chi connectivity index (χ4n) is 1.32. The summed E-state index contributed by atoms with van der Waals surface area (Å²) in [5.74, 6) is -3.91. The van der Waals surface area contributed by atoms with Gasteiger partial charge < -0.3 is 16.8 Å². The Morgan fingerprint density at radius 1 is 0.944 bits per heavy atom. The van der Waals surface area contributed by atoms with E-state index in [0.29, 0.717) is 0 Å². The quantitative estimate of drug-likeness (QED) is 0.719. The second-order valence-corrected chi connectivity index (χ2v) is 3.52. The lowest BCUT2D eigenvalue weighted by Crippen LogP contribution is -2.03. The topological polar surface area (TPSA) is 77.0 Å². The van der Waals surface area contributed by atoms with Crippen LogP contribution < -0.4 is 16.8 Å². The van der Waals surface area contributed by atoms with Crippen LogP contribution >= 0.6 is 0 Å². The molecule has 0 unspecified atom stereocenters. The van der Waals surface area contributed by atoms with Crippen LogP contribution in [-0.4, -0.2) is 4.98 Å². The molecule has 0 aliphatic rings. The normalized spacial score (nSPS) is 10.4. The van der Waals surface area contributed by atoms with Crippen LogP contribution in [0, 0.1) is 17.5 Å². The number of nitrogen functional groups attached to an aromatic ring is 2. The van der Waals surface area contributed by atoms with E-state index in [9.17, 15) is 13.2 Å². The zero-order valence-corrected chi connectivity index (χ0v) is 9.05. The molecular weight excluding hydrogens is 245 g/mol. The van der Waals surface area contributed by atoms with Crippen molar-refractivity contribution in [1.29, 1.82) is 0 Å². The van der Waals surface area contributed by atoms with Gasteiger partial charge in [-0.1, -0.05) is 0 Å². The lowest BCUT2D eigenvalue weighted by Gasteiger charge is -2.08. The highest BCUT2D eigenvalue weighted by Crippen LogP contribution is 2.24. The maximum absolute atomic E-state index is 13.4. The molecule has 7 heteroatoms. The Bertz CT molecular complexity index is 601. The van der Waals surface area contributed by atoms with Crippen LogP contribution in [0.2, 0.25) is 0 Å². The third kappa shape index (κ3) is 2.15. The van der Waals surface area contributed by atoms with Crippen molar-refractivity contribution in [1.82, 2.24) is 4.98 Å². The van der Waals surface area contributed by atoms with E-state index in [-0.39, 0.29) is 23.0 Å². The summed E-state index contributed by atoms with van der Waals surface area (Å²) >= 11 is 0. The summed E-state index contributed by atoms with van der Waals surface area (Å²) in [4.78, 5) is 3.82. The molecule has 1 aromatic heterocycles. The first-order valence-electron chi connectivity index (χ1n) is 4.91. The standard InChI is InChI=1S/C11H9F3N4/c12-5-1-3-7(10(14)9(5)13)17-8-4-2-6(15)11(16)18-8/h1-4H,15H2,(H3,16,17,18). The van der Waals surface area contributed by atoms with E-state index in [1.165, 1.54) is 12.1 Å². The molecule has 0 fully saturated rings. The second-order valence-electron chi connectivity index (χ2n) is 3.52. The van der Waals surface area contributed by atoms with E-state index in [2.05, 4.69) is 10.3 Å². The van der Waals surface area contributed by atoms with Crippen molar-refractivity contribution in [3.63, 3.8) is 0 Å². The SMILES string of the molecule is Nc1ccc(Nc2ccc(F)c(F)c2F)nc1N. The molecule has 0 spiro atoms. The van der Waals surface area contributed by atoms with Gasteiger partial charge in [0, 0.05) is 0 Å². The highest BCUT2D eigenvalue weighted by molar-refractivity contribution is 5.65. The fraction of sp³-hybridized carbons (Fsp3) is 0. The van der Waals surface area contributed by atoms with Gasteiger partial charge in [-0.3, -0.25) is 0 Å². The minimum absolute atomic E-state index is 0.0583. The van der Waals surface area contributed by atoms with Gasteiger partial charge in [0.1, 0.15) is 11.6 Å². The maximum Gasteiger partial charge on any atom is 0.196 e. The largest absolute Gasteiger partial charge is 0.396 e. The lowest BCUT2D eigenvalue weighted by atomic mass is 10.2. The monoisotopic (exact) mass is 254 g/mol. The molecule has 0 saturated heterocycles. The Morgan fingerprint density at radius 3 is 2.33 bits per heavy atom. The van der Waals surface area contributed by atoms with E-state index in [1.807, 2.05) is 0 Å². The number of hydrogen-bond donors (Lipinski definition) is 3. The summed E-state index contributed by atoms with van der Waals surface area (Å²) < 4.78 is 39.1. The van der Waals surface area contributed by atoms with E-state index in [4.69, 9.17) is 11.5 Å². The molecule has 18 heavy (non-hydrogen) atoms. The number of benzene rings is 1. The smallest absolute Gasteiger partial charge is 0.196 e. The van der Waals surface area contributed by atoms with Crippen LogP contribution in [0.1, 0.15) is 0 Å².